The van der Waals surface area contributed by atoms with Crippen molar-refractivity contribution in [2.75, 3.05) is 6.61 Å². The second-order valence-corrected chi connectivity index (χ2v) is 5.03. The molecule has 1 aliphatic rings. The Bertz CT molecular complexity index is 583. The van der Waals surface area contributed by atoms with Crippen LogP contribution in [0, 0.1) is 10.1 Å². The van der Waals surface area contributed by atoms with E-state index < -0.39 is 16.6 Å². The van der Waals surface area contributed by atoms with Gasteiger partial charge in [0.25, 0.3) is 0 Å². The highest BCUT2D eigenvalue weighted by Crippen LogP contribution is 2.31. The van der Waals surface area contributed by atoms with Gasteiger partial charge in [-0.05, 0) is 37.5 Å². The first-order valence-corrected chi connectivity index (χ1v) is 6.97. The molecule has 1 unspecified atom stereocenters. The van der Waals surface area contributed by atoms with Gasteiger partial charge in [0.15, 0.2) is 0 Å². The van der Waals surface area contributed by atoms with Crippen molar-refractivity contribution >= 4 is 17.6 Å². The maximum Gasteiger partial charge on any atom is 0.411 e. The topological polar surface area (TPSA) is 81.5 Å². The smallest absolute Gasteiger partial charge is 0.411 e. The molecule has 1 aromatic rings. The molecule has 0 radical (unpaired) electrons. The number of ether oxygens (including phenoxy) is 1. The lowest BCUT2D eigenvalue weighted by molar-refractivity contribution is -0.422. The van der Waals surface area contributed by atoms with E-state index in [1.807, 2.05) is 12.1 Å². The Labute approximate surface area is 126 Å². The van der Waals surface area contributed by atoms with E-state index in [0.29, 0.717) is 23.6 Å². The minimum atomic E-state index is -0.901. The summed E-state index contributed by atoms with van der Waals surface area (Å²) < 4.78 is 4.74. The molecular weight excluding hydrogens is 296 g/mol. The molecule has 0 aliphatic carbocycles. The summed E-state index contributed by atoms with van der Waals surface area (Å²) in [6, 6.07) is 7.18. The lowest BCUT2D eigenvalue weighted by atomic mass is 10.1. The summed E-state index contributed by atoms with van der Waals surface area (Å²) in [5.74, 6) is -0.901. The van der Waals surface area contributed by atoms with E-state index in [0.717, 1.165) is 5.56 Å². The summed E-state index contributed by atoms with van der Waals surface area (Å²) in [7, 11) is 0. The zero-order chi connectivity index (χ0) is 15.4. The summed E-state index contributed by atoms with van der Waals surface area (Å²) in [4.78, 5) is 22.1. The van der Waals surface area contributed by atoms with E-state index in [4.69, 9.17) is 16.3 Å². The van der Waals surface area contributed by atoms with Crippen molar-refractivity contribution in [2.24, 2.45) is 0 Å². The third-order valence-electron chi connectivity index (χ3n) is 3.24. The Morgan fingerprint density at radius 2 is 2.14 bits per heavy atom. The fraction of sp³-hybridized carbons (Fsp3) is 0.357. The number of nitrogens with one attached hydrogen (secondary N) is 1. The van der Waals surface area contributed by atoms with Crippen molar-refractivity contribution in [2.45, 2.75) is 25.8 Å². The van der Waals surface area contributed by atoms with Crippen LogP contribution in [0.4, 0.5) is 0 Å². The number of nitrogens with zero attached hydrogens (tertiary/aromatic N) is 1. The van der Waals surface area contributed by atoms with Gasteiger partial charge in [0.1, 0.15) is 0 Å². The van der Waals surface area contributed by atoms with Crippen molar-refractivity contribution in [1.82, 2.24) is 5.32 Å². The fourth-order valence-corrected chi connectivity index (χ4v) is 2.41. The van der Waals surface area contributed by atoms with E-state index in [2.05, 4.69) is 5.32 Å². The number of halogens is 1. The second kappa shape index (κ2) is 6.58. The van der Waals surface area contributed by atoms with Crippen LogP contribution in [0.1, 0.15) is 31.4 Å². The number of hydrogen-bond acceptors (Lipinski definition) is 5. The first-order valence-electron chi connectivity index (χ1n) is 6.59. The molecule has 21 heavy (non-hydrogen) atoms. The van der Waals surface area contributed by atoms with Crippen molar-refractivity contribution in [1.29, 1.82) is 0 Å². The monoisotopic (exact) mass is 310 g/mol. The summed E-state index contributed by atoms with van der Waals surface area (Å²) in [5.41, 5.74) is 0.785. The number of esters is 1. The van der Waals surface area contributed by atoms with Crippen LogP contribution in [-0.2, 0) is 9.53 Å². The highest BCUT2D eigenvalue weighted by Gasteiger charge is 2.33. The number of rotatable bonds is 4. The molecule has 1 aromatic carbocycles. The number of carbonyl (C=O) groups excluding carboxylic acids is 1. The predicted octanol–water partition coefficient (Wildman–Crippen LogP) is 2.82. The predicted molar refractivity (Wildman–Crippen MR) is 77.2 cm³/mol. The summed E-state index contributed by atoms with van der Waals surface area (Å²) in [5, 5.41) is 14.8. The average Bonchev–Trinajstić information content (AvgIpc) is 2.89. The van der Waals surface area contributed by atoms with Gasteiger partial charge in [-0.2, -0.15) is 0 Å². The van der Waals surface area contributed by atoms with Crippen LogP contribution in [-0.4, -0.2) is 17.5 Å². The van der Waals surface area contributed by atoms with Crippen LogP contribution < -0.4 is 5.32 Å². The highest BCUT2D eigenvalue weighted by atomic mass is 35.5. The average molecular weight is 311 g/mol. The Kier molecular flexibility index (Phi) is 4.80. The van der Waals surface area contributed by atoms with Gasteiger partial charge in [-0.15, -0.1) is 0 Å². The van der Waals surface area contributed by atoms with Gasteiger partial charge in [-0.25, -0.2) is 4.79 Å². The minimum Gasteiger partial charge on any atom is -0.458 e. The van der Waals surface area contributed by atoms with Gasteiger partial charge in [0.05, 0.1) is 23.3 Å². The van der Waals surface area contributed by atoms with Crippen LogP contribution in [0.3, 0.4) is 0 Å². The van der Waals surface area contributed by atoms with Crippen LogP contribution in [0.5, 0.6) is 0 Å². The number of hydrogen-bond donors (Lipinski definition) is 1. The third-order valence-corrected chi connectivity index (χ3v) is 3.49. The molecule has 1 fully saturated rings. The molecule has 2 rings (SSSR count). The maximum absolute atomic E-state index is 11.7. The quantitative estimate of drug-likeness (QED) is 0.400. The Morgan fingerprint density at radius 3 is 2.71 bits per heavy atom. The van der Waals surface area contributed by atoms with Gasteiger partial charge >= 0.3 is 11.7 Å². The van der Waals surface area contributed by atoms with Gasteiger partial charge in [-0.3, -0.25) is 10.1 Å². The lowest BCUT2D eigenvalue weighted by Gasteiger charge is -2.11. The molecule has 0 bridgehead atoms. The number of allylic oxidation sites excluding steroid dienone is 1. The number of benzene rings is 1. The Morgan fingerprint density at radius 1 is 1.48 bits per heavy atom. The fourth-order valence-electron chi connectivity index (χ4n) is 2.28. The molecule has 0 saturated carbocycles. The standard InChI is InChI=1S/C14H15ClN2O4/c1-2-21-14(18)13(17(19)20)12-8-7-11(16-12)9-3-5-10(15)6-4-9/h3-6,11,16H,2,7-8H2,1H3/b13-12+. The SMILES string of the molecule is CCOC(=O)/C(=C1/CCC(c2ccc(Cl)cc2)N1)[N+](=O)[O-]. The molecule has 6 nitrogen and oxygen atoms in total. The minimum absolute atomic E-state index is 0.0679. The van der Waals surface area contributed by atoms with Gasteiger partial charge in [-0.1, -0.05) is 23.7 Å². The van der Waals surface area contributed by atoms with E-state index in [9.17, 15) is 14.9 Å². The van der Waals surface area contributed by atoms with E-state index >= 15 is 0 Å². The molecule has 7 heteroatoms. The highest BCUT2D eigenvalue weighted by molar-refractivity contribution is 6.30. The number of nitro groups is 1. The zero-order valence-corrected chi connectivity index (χ0v) is 12.2. The molecule has 0 amide bonds. The maximum atomic E-state index is 11.7. The normalized spacial score (nSPS) is 19.8. The first-order chi connectivity index (χ1) is 10.0. The first kappa shape index (κ1) is 15.3. The van der Waals surface area contributed by atoms with Gasteiger partial charge < -0.3 is 10.1 Å². The summed E-state index contributed by atoms with van der Waals surface area (Å²) in [6.07, 6.45) is 1.11. The molecule has 1 N–H and O–H groups in total. The molecule has 1 saturated heterocycles. The van der Waals surface area contributed by atoms with Crippen LogP contribution in [0.25, 0.3) is 0 Å². The molecule has 1 aliphatic heterocycles. The van der Waals surface area contributed by atoms with Crippen LogP contribution in [0.15, 0.2) is 35.7 Å². The van der Waals surface area contributed by atoms with Crippen LogP contribution in [0.2, 0.25) is 5.02 Å². The van der Waals surface area contributed by atoms with Crippen LogP contribution >= 0.6 is 11.6 Å². The number of carbonyl (C=O) groups is 1. The molecule has 1 heterocycles. The van der Waals surface area contributed by atoms with Crippen molar-refractivity contribution < 1.29 is 14.5 Å². The van der Waals surface area contributed by atoms with Gasteiger partial charge in [0, 0.05) is 5.02 Å². The molecule has 0 spiro atoms. The van der Waals surface area contributed by atoms with E-state index in [-0.39, 0.29) is 12.6 Å². The Hall–Kier alpha value is -2.08. The van der Waals surface area contributed by atoms with Crippen molar-refractivity contribution in [3.8, 4) is 0 Å². The lowest BCUT2D eigenvalue weighted by Crippen LogP contribution is -2.22. The molecule has 0 aromatic heterocycles. The third kappa shape index (κ3) is 3.52. The summed E-state index contributed by atoms with van der Waals surface area (Å²) in [6.45, 7) is 1.71. The Balaban J connectivity index is 2.22. The van der Waals surface area contributed by atoms with Crippen molar-refractivity contribution in [3.63, 3.8) is 0 Å². The summed E-state index contributed by atoms with van der Waals surface area (Å²) >= 11 is 5.84. The van der Waals surface area contributed by atoms with Gasteiger partial charge in [0.2, 0.25) is 0 Å². The molecule has 1 atom stereocenters. The van der Waals surface area contributed by atoms with E-state index in [1.54, 1.807) is 19.1 Å². The molecule has 112 valence electrons. The van der Waals surface area contributed by atoms with Crippen molar-refractivity contribution in [3.05, 3.63) is 56.4 Å². The largest absolute Gasteiger partial charge is 0.458 e. The van der Waals surface area contributed by atoms with E-state index in [1.165, 1.54) is 0 Å². The molecular formula is C14H15ClN2O4. The zero-order valence-electron chi connectivity index (χ0n) is 11.5. The second-order valence-electron chi connectivity index (χ2n) is 4.59.